The van der Waals surface area contributed by atoms with Gasteiger partial charge in [-0.1, -0.05) is 18.2 Å². The number of allylic oxidation sites excluding steroid dienone is 1. The van der Waals surface area contributed by atoms with Gasteiger partial charge in [-0.3, -0.25) is 4.79 Å². The summed E-state index contributed by atoms with van der Waals surface area (Å²) in [5, 5.41) is 0. The molecule has 0 saturated carbocycles. The van der Waals surface area contributed by atoms with Crippen molar-refractivity contribution in [2.24, 2.45) is 0 Å². The molecule has 0 saturated heterocycles. The van der Waals surface area contributed by atoms with Crippen LogP contribution < -0.4 is 14.2 Å². The number of hydrogen-bond acceptors (Lipinski definition) is 6. The first kappa shape index (κ1) is 19.5. The third kappa shape index (κ3) is 5.61. The van der Waals surface area contributed by atoms with Crippen molar-refractivity contribution in [3.05, 3.63) is 59.7 Å². The summed E-state index contributed by atoms with van der Waals surface area (Å²) < 4.78 is 25.8. The lowest BCUT2D eigenvalue weighted by molar-refractivity contribution is 0.0456. The Kier molecular flexibility index (Phi) is 7.67. The van der Waals surface area contributed by atoms with Crippen molar-refractivity contribution in [3.63, 3.8) is 0 Å². The molecule has 0 spiro atoms. The lowest BCUT2D eigenvalue weighted by Crippen LogP contribution is -2.06. The van der Waals surface area contributed by atoms with Gasteiger partial charge in [0.15, 0.2) is 19.4 Å². The zero-order valence-corrected chi connectivity index (χ0v) is 15.1. The fourth-order valence-corrected chi connectivity index (χ4v) is 2.14. The van der Waals surface area contributed by atoms with Crippen LogP contribution in [0.4, 0.5) is 0 Å². The Hall–Kier alpha value is -2.83. The van der Waals surface area contributed by atoms with Crippen molar-refractivity contribution in [2.45, 2.75) is 0 Å². The highest BCUT2D eigenvalue weighted by atomic mass is 16.7. The summed E-state index contributed by atoms with van der Waals surface area (Å²) in [6, 6.07) is 12.4. The van der Waals surface area contributed by atoms with Gasteiger partial charge in [-0.05, 0) is 35.9 Å². The van der Waals surface area contributed by atoms with E-state index in [1.807, 2.05) is 24.3 Å². The van der Waals surface area contributed by atoms with E-state index in [0.717, 1.165) is 11.3 Å². The molecule has 6 heteroatoms. The topological polar surface area (TPSA) is 63.2 Å². The number of rotatable bonds is 10. The maximum Gasteiger partial charge on any atom is 0.189 e. The molecule has 0 N–H and O–H groups in total. The van der Waals surface area contributed by atoms with Crippen LogP contribution in [0.2, 0.25) is 0 Å². The van der Waals surface area contributed by atoms with Crippen LogP contribution in [0.25, 0.3) is 6.08 Å². The fourth-order valence-electron chi connectivity index (χ4n) is 2.14. The summed E-state index contributed by atoms with van der Waals surface area (Å²) >= 11 is 0. The molecule has 0 unspecified atom stereocenters. The van der Waals surface area contributed by atoms with Gasteiger partial charge >= 0.3 is 0 Å². The van der Waals surface area contributed by atoms with Gasteiger partial charge in [0, 0.05) is 20.3 Å². The van der Waals surface area contributed by atoms with Gasteiger partial charge in [0.1, 0.15) is 17.2 Å². The van der Waals surface area contributed by atoms with E-state index in [9.17, 15) is 4.79 Å². The first-order valence-corrected chi connectivity index (χ1v) is 7.92. The minimum atomic E-state index is -0.190. The van der Waals surface area contributed by atoms with E-state index in [4.69, 9.17) is 23.7 Å². The summed E-state index contributed by atoms with van der Waals surface area (Å²) in [4.78, 5) is 12.6. The Morgan fingerprint density at radius 3 is 2.19 bits per heavy atom. The van der Waals surface area contributed by atoms with Crippen LogP contribution in [0.5, 0.6) is 17.2 Å². The minimum absolute atomic E-state index is 0.0240. The van der Waals surface area contributed by atoms with Crippen LogP contribution >= 0.6 is 0 Å². The van der Waals surface area contributed by atoms with Crippen molar-refractivity contribution in [1.29, 1.82) is 0 Å². The Morgan fingerprint density at radius 1 is 0.885 bits per heavy atom. The highest BCUT2D eigenvalue weighted by Crippen LogP contribution is 2.26. The van der Waals surface area contributed by atoms with Crippen LogP contribution in [0.15, 0.2) is 48.5 Å². The smallest absolute Gasteiger partial charge is 0.189 e. The maximum atomic E-state index is 12.6. The average molecular weight is 358 g/mol. The summed E-state index contributed by atoms with van der Waals surface area (Å²) in [6.07, 6.45) is 3.23. The Morgan fingerprint density at radius 2 is 1.54 bits per heavy atom. The normalized spacial score (nSPS) is 10.7. The number of carbonyl (C=O) groups is 1. The zero-order valence-electron chi connectivity index (χ0n) is 15.1. The van der Waals surface area contributed by atoms with Gasteiger partial charge < -0.3 is 23.7 Å². The highest BCUT2D eigenvalue weighted by Gasteiger charge is 2.12. The molecule has 0 heterocycles. The molecule has 0 aliphatic carbocycles. The molecular weight excluding hydrogens is 336 g/mol. The summed E-state index contributed by atoms with van der Waals surface area (Å²) in [6.45, 7) is 0.130. The van der Waals surface area contributed by atoms with Gasteiger partial charge in [-0.25, -0.2) is 0 Å². The van der Waals surface area contributed by atoms with Gasteiger partial charge in [0.2, 0.25) is 0 Å². The average Bonchev–Trinajstić information content (AvgIpc) is 2.69. The van der Waals surface area contributed by atoms with Crippen molar-refractivity contribution >= 4 is 11.9 Å². The first-order valence-electron chi connectivity index (χ1n) is 7.92. The number of carbonyl (C=O) groups excluding carboxylic acids is 1. The predicted molar refractivity (Wildman–Crippen MR) is 97.8 cm³/mol. The molecule has 2 aromatic carbocycles. The van der Waals surface area contributed by atoms with Crippen LogP contribution in [-0.2, 0) is 9.47 Å². The minimum Gasteiger partial charge on any atom is -0.497 e. The Bertz CT molecular complexity index is 736. The summed E-state index contributed by atoms with van der Waals surface area (Å²) in [7, 11) is 4.65. The van der Waals surface area contributed by atoms with Crippen LogP contribution in [0, 0.1) is 0 Å². The maximum absolute atomic E-state index is 12.6. The van der Waals surface area contributed by atoms with Gasteiger partial charge in [-0.15, -0.1) is 0 Å². The molecular formula is C20H22O6. The van der Waals surface area contributed by atoms with E-state index < -0.39 is 0 Å². The molecule has 0 radical (unpaired) electrons. The van der Waals surface area contributed by atoms with Gasteiger partial charge in [-0.2, -0.15) is 0 Å². The molecule has 138 valence electrons. The fraction of sp³-hybridized carbons (Fsp3) is 0.250. The largest absolute Gasteiger partial charge is 0.497 e. The van der Waals surface area contributed by atoms with Crippen LogP contribution in [-0.4, -0.2) is 40.7 Å². The second-order valence-corrected chi connectivity index (χ2v) is 5.23. The van der Waals surface area contributed by atoms with Gasteiger partial charge in [0.05, 0.1) is 12.7 Å². The van der Waals surface area contributed by atoms with Gasteiger partial charge in [0.25, 0.3) is 0 Å². The molecule has 0 amide bonds. The standard InChI is InChI=1S/C20H22O6/c1-22-13-25-17-9-10-18(20(12-17)26-14-23-2)19(21)11-6-15-4-7-16(24-3)8-5-15/h4-12H,13-14H2,1-3H3/b11-6+. The van der Waals surface area contributed by atoms with Crippen molar-refractivity contribution in [1.82, 2.24) is 0 Å². The second kappa shape index (κ2) is 10.2. The Labute approximate surface area is 152 Å². The monoisotopic (exact) mass is 358 g/mol. The highest BCUT2D eigenvalue weighted by molar-refractivity contribution is 6.08. The lowest BCUT2D eigenvalue weighted by Gasteiger charge is -2.11. The van der Waals surface area contributed by atoms with Crippen LogP contribution in [0.1, 0.15) is 15.9 Å². The van der Waals surface area contributed by atoms with Crippen molar-refractivity contribution in [2.75, 3.05) is 34.9 Å². The molecule has 6 nitrogen and oxygen atoms in total. The van der Waals surface area contributed by atoms with Crippen LogP contribution in [0.3, 0.4) is 0 Å². The molecule has 2 aromatic rings. The van der Waals surface area contributed by atoms with E-state index in [-0.39, 0.29) is 19.4 Å². The van der Waals surface area contributed by atoms with E-state index in [1.165, 1.54) is 20.3 Å². The van der Waals surface area contributed by atoms with E-state index in [1.54, 1.807) is 31.4 Å². The summed E-state index contributed by atoms with van der Waals surface area (Å²) in [5.41, 5.74) is 1.30. The Balaban J connectivity index is 2.17. The van der Waals surface area contributed by atoms with Crippen molar-refractivity contribution in [3.8, 4) is 17.2 Å². The molecule has 0 aliphatic rings. The number of benzene rings is 2. The SMILES string of the molecule is COCOc1ccc(C(=O)/C=C/c2ccc(OC)cc2)c(OCOC)c1. The molecule has 0 bridgehead atoms. The number of ketones is 1. The molecule has 0 atom stereocenters. The lowest BCUT2D eigenvalue weighted by atomic mass is 10.1. The predicted octanol–water partition coefficient (Wildman–Crippen LogP) is 3.56. The van der Waals surface area contributed by atoms with Crippen molar-refractivity contribution < 1.29 is 28.5 Å². The number of ether oxygens (including phenoxy) is 5. The second-order valence-electron chi connectivity index (χ2n) is 5.23. The third-order valence-electron chi connectivity index (χ3n) is 3.44. The molecule has 0 aromatic heterocycles. The number of methoxy groups -OCH3 is 3. The third-order valence-corrected chi connectivity index (χ3v) is 3.44. The first-order chi connectivity index (χ1) is 12.7. The molecule has 2 rings (SSSR count). The summed E-state index contributed by atoms with van der Waals surface area (Å²) in [5.74, 6) is 1.49. The zero-order chi connectivity index (χ0) is 18.8. The van der Waals surface area contributed by atoms with E-state index in [2.05, 4.69) is 0 Å². The quantitative estimate of drug-likeness (QED) is 0.368. The molecule has 26 heavy (non-hydrogen) atoms. The molecule has 0 fully saturated rings. The molecule has 0 aliphatic heterocycles. The van der Waals surface area contributed by atoms with E-state index >= 15 is 0 Å². The van der Waals surface area contributed by atoms with E-state index in [0.29, 0.717) is 17.1 Å². The number of hydrogen-bond donors (Lipinski definition) is 0.